The van der Waals surface area contributed by atoms with Crippen LogP contribution in [0.15, 0.2) is 48.5 Å². The van der Waals surface area contributed by atoms with Crippen LogP contribution in [-0.4, -0.2) is 77.2 Å². The van der Waals surface area contributed by atoms with Gasteiger partial charge in [0.25, 0.3) is 5.91 Å². The molecule has 2 heterocycles. The normalized spacial score (nSPS) is 20.7. The van der Waals surface area contributed by atoms with Gasteiger partial charge in [-0.2, -0.15) is 0 Å². The number of benzene rings is 2. The molecular weight excluding hydrogens is 494 g/mol. The molecule has 3 amide bonds. The number of likely N-dealkylation sites (tertiary alicyclic amines) is 1. The van der Waals surface area contributed by atoms with Crippen molar-refractivity contribution in [2.75, 3.05) is 32.8 Å². The van der Waals surface area contributed by atoms with E-state index in [1.54, 1.807) is 17.0 Å². The predicted octanol–water partition coefficient (Wildman–Crippen LogP) is 4.75. The summed E-state index contributed by atoms with van der Waals surface area (Å²) in [6.45, 7) is 7.95. The quantitative estimate of drug-likeness (QED) is 0.508. The summed E-state index contributed by atoms with van der Waals surface area (Å²) in [5, 5.41) is 13.4. The minimum Gasteiger partial charge on any atom is -0.465 e. The maximum atomic E-state index is 14.4. The van der Waals surface area contributed by atoms with Crippen LogP contribution in [-0.2, 0) is 9.53 Å². The van der Waals surface area contributed by atoms with E-state index in [0.29, 0.717) is 64.1 Å². The van der Waals surface area contributed by atoms with Crippen LogP contribution in [0.2, 0.25) is 0 Å². The van der Waals surface area contributed by atoms with E-state index in [-0.39, 0.29) is 23.8 Å². The number of hydrogen-bond acceptors (Lipinski definition) is 4. The fraction of sp³-hybridized carbons (Fsp3) is 0.516. The van der Waals surface area contributed by atoms with Gasteiger partial charge in [-0.15, -0.1) is 0 Å². The molecule has 2 atom stereocenters. The van der Waals surface area contributed by atoms with Crippen molar-refractivity contribution in [3.8, 4) is 0 Å². The van der Waals surface area contributed by atoms with Gasteiger partial charge in [-0.3, -0.25) is 14.5 Å². The molecule has 0 aliphatic carbocycles. The molecule has 2 aliphatic heterocycles. The third-order valence-electron chi connectivity index (χ3n) is 8.31. The van der Waals surface area contributed by atoms with Crippen molar-refractivity contribution in [2.24, 2.45) is 0 Å². The summed E-state index contributed by atoms with van der Waals surface area (Å²) in [4.78, 5) is 43.2. The Morgan fingerprint density at radius 1 is 1.05 bits per heavy atom. The average molecular weight is 536 g/mol. The molecule has 0 radical (unpaired) electrons. The first kappa shape index (κ1) is 28.6. The first-order valence-electron chi connectivity index (χ1n) is 14.1. The number of nitrogens with one attached hydrogen (secondary N) is 1. The van der Waals surface area contributed by atoms with Crippen molar-refractivity contribution in [1.29, 1.82) is 0 Å². The molecule has 2 aromatic rings. The van der Waals surface area contributed by atoms with Crippen molar-refractivity contribution >= 4 is 17.9 Å². The van der Waals surface area contributed by atoms with Gasteiger partial charge in [0.15, 0.2) is 0 Å². The lowest BCUT2D eigenvalue weighted by atomic mass is 9.82. The predicted molar refractivity (Wildman–Crippen MR) is 150 cm³/mol. The third kappa shape index (κ3) is 6.44. The first-order valence-corrected chi connectivity index (χ1v) is 14.1. The molecule has 8 heteroatoms. The highest BCUT2D eigenvalue weighted by atomic mass is 16.5. The van der Waals surface area contributed by atoms with Crippen molar-refractivity contribution in [2.45, 2.75) is 70.4 Å². The van der Waals surface area contributed by atoms with E-state index >= 15 is 0 Å². The Morgan fingerprint density at radius 3 is 2.41 bits per heavy atom. The molecule has 2 N–H and O–H groups in total. The number of ether oxygens (including phenoxy) is 1. The molecule has 210 valence electrons. The zero-order valence-electron chi connectivity index (χ0n) is 23.3. The van der Waals surface area contributed by atoms with Crippen LogP contribution in [0.25, 0.3) is 0 Å². The summed E-state index contributed by atoms with van der Waals surface area (Å²) < 4.78 is 5.59. The van der Waals surface area contributed by atoms with E-state index in [4.69, 9.17) is 4.74 Å². The monoisotopic (exact) mass is 535 g/mol. The number of unbranched alkanes of at least 4 members (excludes halogenated alkanes) is 1. The van der Waals surface area contributed by atoms with E-state index in [1.807, 2.05) is 25.1 Å². The number of rotatable bonds is 8. The summed E-state index contributed by atoms with van der Waals surface area (Å²) in [6, 6.07) is 15.2. The smallest absolute Gasteiger partial charge is 0.408 e. The zero-order chi connectivity index (χ0) is 28.0. The Morgan fingerprint density at radius 2 is 1.77 bits per heavy atom. The Bertz CT molecular complexity index is 1160. The van der Waals surface area contributed by atoms with E-state index in [9.17, 15) is 19.5 Å². The Balaban J connectivity index is 1.66. The van der Waals surface area contributed by atoms with Crippen LogP contribution in [0.4, 0.5) is 4.79 Å². The molecule has 8 nitrogen and oxygen atoms in total. The van der Waals surface area contributed by atoms with E-state index in [2.05, 4.69) is 37.4 Å². The molecule has 0 saturated carbocycles. The van der Waals surface area contributed by atoms with Crippen LogP contribution < -0.4 is 5.32 Å². The van der Waals surface area contributed by atoms with Gasteiger partial charge in [0, 0.05) is 63.2 Å². The highest BCUT2D eigenvalue weighted by molar-refractivity contribution is 5.94. The fourth-order valence-corrected chi connectivity index (χ4v) is 5.90. The van der Waals surface area contributed by atoms with Crippen molar-refractivity contribution in [3.63, 3.8) is 0 Å². The first-order chi connectivity index (χ1) is 18.7. The average Bonchev–Trinajstić information content (AvgIpc) is 2.95. The zero-order valence-corrected chi connectivity index (χ0v) is 23.3. The summed E-state index contributed by atoms with van der Waals surface area (Å²) >= 11 is 0. The fourth-order valence-electron chi connectivity index (χ4n) is 5.90. The van der Waals surface area contributed by atoms with Crippen molar-refractivity contribution in [1.82, 2.24) is 15.1 Å². The van der Waals surface area contributed by atoms with Crippen LogP contribution in [0, 0.1) is 13.8 Å². The Labute approximate surface area is 231 Å². The van der Waals surface area contributed by atoms with Gasteiger partial charge in [0.05, 0.1) is 0 Å². The molecular formula is C31H41N3O5. The summed E-state index contributed by atoms with van der Waals surface area (Å²) in [6.07, 6.45) is 1.79. The molecule has 39 heavy (non-hydrogen) atoms. The maximum absolute atomic E-state index is 14.4. The summed E-state index contributed by atoms with van der Waals surface area (Å²) in [7, 11) is 0. The lowest BCUT2D eigenvalue weighted by molar-refractivity contribution is -0.152. The molecule has 0 bridgehead atoms. The molecule has 2 aromatic carbocycles. The third-order valence-corrected chi connectivity index (χ3v) is 8.31. The number of carbonyl (C=O) groups excluding carboxylic acids is 2. The molecule has 4 rings (SSSR count). The number of piperidine rings is 1. The summed E-state index contributed by atoms with van der Waals surface area (Å²) in [5.74, 6) is -0.352. The van der Waals surface area contributed by atoms with Gasteiger partial charge in [0.1, 0.15) is 5.54 Å². The maximum Gasteiger partial charge on any atom is 0.408 e. The Kier molecular flexibility index (Phi) is 9.28. The minimum absolute atomic E-state index is 0.00823. The number of amides is 3. The van der Waals surface area contributed by atoms with Crippen LogP contribution in [0.3, 0.4) is 0 Å². The van der Waals surface area contributed by atoms with Gasteiger partial charge < -0.3 is 20.1 Å². The standard InChI is InChI=1S/C31H41N3O5/c1-4-5-15-34(30(37)38)31(13-16-39-17-14-31)29(36)33-20-26(25-12-11-22(2)23(3)18-25)19-27(21-33)32-28(35)24-9-7-6-8-10-24/h6-12,18,26-27H,4-5,13-17,19-21H2,1-3H3,(H,32,35)(H,37,38). The van der Waals surface area contributed by atoms with Crippen molar-refractivity contribution < 1.29 is 24.2 Å². The number of aryl methyl sites for hydroxylation is 2. The number of carbonyl (C=O) groups is 3. The lowest BCUT2D eigenvalue weighted by Gasteiger charge is -2.48. The van der Waals surface area contributed by atoms with Gasteiger partial charge >= 0.3 is 6.09 Å². The highest BCUT2D eigenvalue weighted by Crippen LogP contribution is 2.35. The molecule has 0 spiro atoms. The minimum atomic E-state index is -1.17. The van der Waals surface area contributed by atoms with Crippen LogP contribution in [0.1, 0.15) is 72.0 Å². The van der Waals surface area contributed by atoms with Crippen LogP contribution in [0.5, 0.6) is 0 Å². The van der Waals surface area contributed by atoms with Gasteiger partial charge in [-0.1, -0.05) is 49.7 Å². The number of carboxylic acid groups (broad SMARTS) is 1. The molecule has 0 aromatic heterocycles. The topological polar surface area (TPSA) is 99.2 Å². The van der Waals surface area contributed by atoms with Crippen LogP contribution >= 0.6 is 0 Å². The molecule has 2 unspecified atom stereocenters. The molecule has 2 aliphatic rings. The SMILES string of the molecule is CCCCN(C(=O)O)C1(C(=O)N2CC(NC(=O)c3ccccc3)CC(c3ccc(C)c(C)c3)C2)CCOCC1. The highest BCUT2D eigenvalue weighted by Gasteiger charge is 2.50. The van der Waals surface area contributed by atoms with E-state index in [1.165, 1.54) is 16.0 Å². The van der Waals surface area contributed by atoms with E-state index in [0.717, 1.165) is 12.0 Å². The Hall–Kier alpha value is -3.39. The second-order valence-corrected chi connectivity index (χ2v) is 11.0. The second-order valence-electron chi connectivity index (χ2n) is 11.0. The largest absolute Gasteiger partial charge is 0.465 e. The second kappa shape index (κ2) is 12.6. The van der Waals surface area contributed by atoms with Crippen molar-refractivity contribution in [3.05, 3.63) is 70.8 Å². The van der Waals surface area contributed by atoms with E-state index < -0.39 is 11.6 Å². The molecule has 2 fully saturated rings. The molecule has 2 saturated heterocycles. The lowest BCUT2D eigenvalue weighted by Crippen LogP contribution is -2.66. The number of hydrogen-bond donors (Lipinski definition) is 2. The van der Waals surface area contributed by atoms with Gasteiger partial charge in [0.2, 0.25) is 5.91 Å². The van der Waals surface area contributed by atoms with Gasteiger partial charge in [-0.05, 0) is 55.5 Å². The number of nitrogens with zero attached hydrogens (tertiary/aromatic N) is 2. The summed E-state index contributed by atoms with van der Waals surface area (Å²) in [5.41, 5.74) is 2.90. The van der Waals surface area contributed by atoms with Gasteiger partial charge in [-0.25, -0.2) is 4.79 Å².